The van der Waals surface area contributed by atoms with Crippen molar-refractivity contribution in [1.82, 2.24) is 15.0 Å². The predicted octanol–water partition coefficient (Wildman–Crippen LogP) is 5.80. The zero-order valence-electron chi connectivity index (χ0n) is 19.8. The van der Waals surface area contributed by atoms with E-state index in [9.17, 15) is 9.59 Å². The number of amides is 2. The van der Waals surface area contributed by atoms with Gasteiger partial charge in [-0.2, -0.15) is 0 Å². The molecule has 0 aliphatic heterocycles. The highest BCUT2D eigenvalue weighted by Gasteiger charge is 2.18. The summed E-state index contributed by atoms with van der Waals surface area (Å²) in [5.41, 5.74) is 3.56. The summed E-state index contributed by atoms with van der Waals surface area (Å²) in [4.78, 5) is 35.6. The lowest BCUT2D eigenvalue weighted by Gasteiger charge is -2.21. The lowest BCUT2D eigenvalue weighted by atomic mass is 10.0. The number of ether oxygens (including phenoxy) is 1. The number of halogens is 1. The molecule has 1 aromatic carbocycles. The molecule has 0 saturated carbocycles. The van der Waals surface area contributed by atoms with Crippen molar-refractivity contribution in [3.05, 3.63) is 64.8 Å². The van der Waals surface area contributed by atoms with E-state index < -0.39 is 17.8 Å². The molecule has 0 radical (unpaired) electrons. The first-order chi connectivity index (χ1) is 16.5. The largest absolute Gasteiger partial charge is 0.465 e. The van der Waals surface area contributed by atoms with E-state index in [4.69, 9.17) is 21.4 Å². The maximum atomic E-state index is 12.4. The number of rotatable bonds is 7. The zero-order chi connectivity index (χ0) is 25.6. The van der Waals surface area contributed by atoms with Crippen LogP contribution in [0.25, 0.3) is 0 Å². The first-order valence-corrected chi connectivity index (χ1v) is 11.2. The number of anilines is 4. The van der Waals surface area contributed by atoms with Gasteiger partial charge >= 0.3 is 12.2 Å². The van der Waals surface area contributed by atoms with Gasteiger partial charge in [-0.25, -0.2) is 19.6 Å². The highest BCUT2D eigenvalue weighted by Crippen LogP contribution is 2.26. The number of benzene rings is 1. The third kappa shape index (κ3) is 8.11. The van der Waals surface area contributed by atoms with Gasteiger partial charge < -0.3 is 15.2 Å². The summed E-state index contributed by atoms with van der Waals surface area (Å²) < 4.78 is 5.40. The Morgan fingerprint density at radius 1 is 1.06 bits per heavy atom. The molecule has 2 amide bonds. The normalized spacial score (nSPS) is 11.0. The van der Waals surface area contributed by atoms with E-state index in [0.29, 0.717) is 30.0 Å². The molecule has 3 rings (SSSR count). The summed E-state index contributed by atoms with van der Waals surface area (Å²) in [5, 5.41) is 17.4. The molecule has 35 heavy (non-hydrogen) atoms. The Labute approximate surface area is 208 Å². The van der Waals surface area contributed by atoms with Crippen LogP contribution in [0.15, 0.2) is 42.9 Å². The number of carboxylic acid groups (broad SMARTS) is 1. The van der Waals surface area contributed by atoms with Crippen LogP contribution in [-0.2, 0) is 17.6 Å². The molecule has 11 heteroatoms. The molecule has 10 nitrogen and oxygen atoms in total. The second kappa shape index (κ2) is 11.0. The second-order valence-electron chi connectivity index (χ2n) is 8.81. The van der Waals surface area contributed by atoms with Gasteiger partial charge in [0.25, 0.3) is 0 Å². The Hall–Kier alpha value is -3.92. The summed E-state index contributed by atoms with van der Waals surface area (Å²) in [7, 11) is 0. The topological polar surface area (TPSA) is 138 Å². The second-order valence-corrected chi connectivity index (χ2v) is 9.14. The summed E-state index contributed by atoms with van der Waals surface area (Å²) in [6.45, 7) is 7.24. The number of aryl methyl sites for hydroxylation is 3. The highest BCUT2D eigenvalue weighted by molar-refractivity contribution is 6.28. The number of nitrogens with zero attached hydrogens (tertiary/aromatic N) is 3. The molecule has 0 atom stereocenters. The lowest BCUT2D eigenvalue weighted by Crippen LogP contribution is -2.27. The number of hydrogen-bond donors (Lipinski definition) is 4. The van der Waals surface area contributed by atoms with Crippen molar-refractivity contribution < 1.29 is 19.4 Å². The summed E-state index contributed by atoms with van der Waals surface area (Å²) in [5.74, 6) is 0.570. The molecule has 3 aromatic rings. The van der Waals surface area contributed by atoms with Gasteiger partial charge in [-0.15, -0.1) is 0 Å². The molecule has 2 heterocycles. The fourth-order valence-electron chi connectivity index (χ4n) is 3.19. The maximum absolute atomic E-state index is 12.4. The monoisotopic (exact) mass is 498 g/mol. The van der Waals surface area contributed by atoms with E-state index in [2.05, 4.69) is 30.9 Å². The number of hydrogen-bond acceptors (Lipinski definition) is 7. The number of pyridine rings is 1. The van der Waals surface area contributed by atoms with Crippen molar-refractivity contribution in [3.63, 3.8) is 0 Å². The third-order valence-corrected chi connectivity index (χ3v) is 4.86. The van der Waals surface area contributed by atoms with Crippen molar-refractivity contribution in [2.75, 3.05) is 16.0 Å². The Morgan fingerprint density at radius 2 is 1.83 bits per heavy atom. The molecule has 0 aliphatic rings. The van der Waals surface area contributed by atoms with Crippen molar-refractivity contribution in [3.8, 4) is 0 Å². The van der Waals surface area contributed by atoms with E-state index >= 15 is 0 Å². The van der Waals surface area contributed by atoms with Crippen LogP contribution in [-0.4, -0.2) is 37.8 Å². The number of nitrogens with one attached hydrogen (secondary N) is 3. The van der Waals surface area contributed by atoms with E-state index in [1.54, 1.807) is 45.3 Å². The predicted molar refractivity (Wildman–Crippen MR) is 135 cm³/mol. The molecule has 2 aromatic heterocycles. The molecule has 0 bridgehead atoms. The van der Waals surface area contributed by atoms with Gasteiger partial charge in [0.05, 0.1) is 11.9 Å². The average molecular weight is 499 g/mol. The van der Waals surface area contributed by atoms with Crippen molar-refractivity contribution in [2.24, 2.45) is 0 Å². The standard InChI is InChI=1S/C24H27ClN6O4/c1-14-11-27-21(25)31-20(14)28-17-7-8-19(30-23(34)35-24(2,3)4)16(10-17)6-5-15-9-18(13-26-12-15)29-22(32)33/h7-13,29H,5-6H2,1-4H3,(H,30,34)(H,32,33)(H,27,28,31). The first kappa shape index (κ1) is 25.7. The van der Waals surface area contributed by atoms with Gasteiger partial charge in [0.15, 0.2) is 0 Å². The summed E-state index contributed by atoms with van der Waals surface area (Å²) >= 11 is 5.94. The van der Waals surface area contributed by atoms with Gasteiger partial charge in [-0.1, -0.05) is 0 Å². The number of aromatic nitrogens is 3. The highest BCUT2D eigenvalue weighted by atomic mass is 35.5. The molecule has 0 saturated heterocycles. The Kier molecular flexibility index (Phi) is 8.08. The minimum absolute atomic E-state index is 0.129. The van der Waals surface area contributed by atoms with Crippen molar-refractivity contribution in [1.29, 1.82) is 0 Å². The van der Waals surface area contributed by atoms with E-state index in [1.165, 1.54) is 6.20 Å². The Bertz CT molecular complexity index is 1230. The quantitative estimate of drug-likeness (QED) is 0.300. The van der Waals surface area contributed by atoms with Gasteiger partial charge in [0.1, 0.15) is 11.4 Å². The maximum Gasteiger partial charge on any atom is 0.412 e. The number of carbonyl (C=O) groups is 2. The molecule has 0 fully saturated rings. The summed E-state index contributed by atoms with van der Waals surface area (Å²) in [6, 6.07) is 7.20. The van der Waals surface area contributed by atoms with Crippen LogP contribution in [0.1, 0.15) is 37.5 Å². The summed E-state index contributed by atoms with van der Waals surface area (Å²) in [6.07, 6.45) is 4.09. The Morgan fingerprint density at radius 3 is 2.54 bits per heavy atom. The van der Waals surface area contributed by atoms with E-state index in [0.717, 1.165) is 22.4 Å². The minimum Gasteiger partial charge on any atom is -0.465 e. The van der Waals surface area contributed by atoms with Crippen LogP contribution in [0.3, 0.4) is 0 Å². The SMILES string of the molecule is Cc1cnc(Cl)nc1Nc1ccc(NC(=O)OC(C)(C)C)c(CCc2cncc(NC(=O)O)c2)c1. The van der Waals surface area contributed by atoms with Gasteiger partial charge in [0.2, 0.25) is 5.28 Å². The molecule has 0 spiro atoms. The molecule has 0 unspecified atom stereocenters. The van der Waals surface area contributed by atoms with Crippen LogP contribution >= 0.6 is 11.6 Å². The fourth-order valence-corrected chi connectivity index (χ4v) is 3.33. The van der Waals surface area contributed by atoms with Crippen LogP contribution < -0.4 is 16.0 Å². The van der Waals surface area contributed by atoms with E-state index in [-0.39, 0.29) is 5.28 Å². The van der Waals surface area contributed by atoms with Crippen molar-refractivity contribution >= 4 is 46.7 Å². The average Bonchev–Trinajstić information content (AvgIpc) is 2.75. The van der Waals surface area contributed by atoms with Gasteiger partial charge in [0, 0.05) is 29.3 Å². The van der Waals surface area contributed by atoms with Crippen LogP contribution in [0.4, 0.5) is 32.5 Å². The molecule has 0 aliphatic carbocycles. The zero-order valence-corrected chi connectivity index (χ0v) is 20.6. The van der Waals surface area contributed by atoms with Crippen LogP contribution in [0.2, 0.25) is 5.28 Å². The van der Waals surface area contributed by atoms with Crippen molar-refractivity contribution in [2.45, 2.75) is 46.1 Å². The molecule has 184 valence electrons. The molecular formula is C24H27ClN6O4. The van der Waals surface area contributed by atoms with Gasteiger partial charge in [-0.05, 0) is 87.5 Å². The lowest BCUT2D eigenvalue weighted by molar-refractivity contribution is 0.0635. The molecular weight excluding hydrogens is 472 g/mol. The minimum atomic E-state index is -1.16. The first-order valence-electron chi connectivity index (χ1n) is 10.8. The van der Waals surface area contributed by atoms with E-state index in [1.807, 2.05) is 19.1 Å². The fraction of sp³-hybridized carbons (Fsp3) is 0.292. The number of carbonyl (C=O) groups excluding carboxylic acids is 1. The third-order valence-electron chi connectivity index (χ3n) is 4.68. The smallest absolute Gasteiger partial charge is 0.412 e. The van der Waals surface area contributed by atoms with Crippen LogP contribution in [0, 0.1) is 6.92 Å². The van der Waals surface area contributed by atoms with Gasteiger partial charge in [-0.3, -0.25) is 15.6 Å². The van der Waals surface area contributed by atoms with Crippen LogP contribution in [0.5, 0.6) is 0 Å². The Balaban J connectivity index is 1.85. The molecule has 4 N–H and O–H groups in total.